The first-order valence-corrected chi connectivity index (χ1v) is 9.45. The van der Waals surface area contributed by atoms with Gasteiger partial charge in [0, 0.05) is 19.3 Å². The van der Waals surface area contributed by atoms with Crippen molar-refractivity contribution >= 4 is 23.0 Å². The second-order valence-corrected chi connectivity index (χ2v) is 7.72. The SMILES string of the molecule is C[C@H](Nc1nnc(-c2cc3ncccc3[nH]2)o1)C(=O)N1CCC2(CC1)CC2. The summed E-state index contributed by atoms with van der Waals surface area (Å²) in [5.74, 6) is 0.448. The number of anilines is 1. The molecule has 2 aliphatic rings. The molecule has 2 fully saturated rings. The number of H-pyrrole nitrogens is 1. The van der Waals surface area contributed by atoms with Crippen LogP contribution in [-0.4, -0.2) is 50.1 Å². The number of piperidine rings is 1. The monoisotopic (exact) mass is 366 g/mol. The number of hydrogen-bond acceptors (Lipinski definition) is 6. The maximum atomic E-state index is 12.7. The lowest BCUT2D eigenvalue weighted by atomic mass is 9.93. The van der Waals surface area contributed by atoms with Crippen molar-refractivity contribution < 1.29 is 9.21 Å². The van der Waals surface area contributed by atoms with E-state index in [1.54, 1.807) is 6.20 Å². The van der Waals surface area contributed by atoms with Crippen molar-refractivity contribution in [2.24, 2.45) is 5.41 Å². The number of rotatable bonds is 4. The number of fused-ring (bicyclic) bond motifs is 1. The summed E-state index contributed by atoms with van der Waals surface area (Å²) in [6, 6.07) is 5.50. The van der Waals surface area contributed by atoms with Crippen LogP contribution in [0.1, 0.15) is 32.6 Å². The van der Waals surface area contributed by atoms with Gasteiger partial charge in [-0.1, -0.05) is 5.10 Å². The number of carbonyl (C=O) groups excluding carboxylic acids is 1. The van der Waals surface area contributed by atoms with Crippen LogP contribution >= 0.6 is 0 Å². The molecule has 1 amide bonds. The lowest BCUT2D eigenvalue weighted by Crippen LogP contribution is -2.45. The second-order valence-electron chi connectivity index (χ2n) is 7.72. The van der Waals surface area contributed by atoms with Crippen molar-refractivity contribution in [3.63, 3.8) is 0 Å². The summed E-state index contributed by atoms with van der Waals surface area (Å²) in [6.07, 6.45) is 6.66. The van der Waals surface area contributed by atoms with Crippen LogP contribution in [-0.2, 0) is 4.79 Å². The van der Waals surface area contributed by atoms with E-state index >= 15 is 0 Å². The van der Waals surface area contributed by atoms with Gasteiger partial charge in [0.1, 0.15) is 11.7 Å². The summed E-state index contributed by atoms with van der Waals surface area (Å²) in [4.78, 5) is 22.1. The molecule has 0 bridgehead atoms. The Hall–Kier alpha value is -2.90. The van der Waals surface area contributed by atoms with Gasteiger partial charge in [-0.3, -0.25) is 9.78 Å². The molecule has 3 aromatic heterocycles. The Morgan fingerprint density at radius 3 is 2.85 bits per heavy atom. The van der Waals surface area contributed by atoms with Crippen molar-refractivity contribution in [2.45, 2.75) is 38.6 Å². The third kappa shape index (κ3) is 3.05. The highest BCUT2D eigenvalue weighted by Crippen LogP contribution is 2.53. The van der Waals surface area contributed by atoms with E-state index in [0.717, 1.165) is 37.0 Å². The van der Waals surface area contributed by atoms with Gasteiger partial charge >= 0.3 is 6.01 Å². The molecule has 4 heterocycles. The molecular formula is C19H22N6O2. The molecule has 5 rings (SSSR count). The van der Waals surface area contributed by atoms with Gasteiger partial charge in [-0.05, 0) is 56.2 Å². The largest absolute Gasteiger partial charge is 0.402 e. The van der Waals surface area contributed by atoms with E-state index < -0.39 is 6.04 Å². The Balaban J connectivity index is 1.25. The maximum absolute atomic E-state index is 12.7. The fraction of sp³-hybridized carbons (Fsp3) is 0.474. The van der Waals surface area contributed by atoms with Crippen molar-refractivity contribution in [1.82, 2.24) is 25.1 Å². The standard InChI is InChI=1S/C19H22N6O2/c1-12(17(26)25-9-6-19(4-5-19)7-10-25)21-18-24-23-16(27-18)15-11-14-13(22-15)3-2-8-20-14/h2-3,8,11-12,22H,4-7,9-10H2,1H3,(H,21,24)/t12-/m0/s1. The number of aromatic amines is 1. The zero-order valence-corrected chi connectivity index (χ0v) is 15.2. The van der Waals surface area contributed by atoms with Gasteiger partial charge in [0.15, 0.2) is 0 Å². The summed E-state index contributed by atoms with van der Waals surface area (Å²) in [5.41, 5.74) is 3.00. The third-order valence-corrected chi connectivity index (χ3v) is 5.85. The molecule has 3 aromatic rings. The first-order chi connectivity index (χ1) is 13.1. The number of pyridine rings is 1. The van der Waals surface area contributed by atoms with Crippen LogP contribution in [0.4, 0.5) is 6.01 Å². The van der Waals surface area contributed by atoms with Crippen LogP contribution in [0.2, 0.25) is 0 Å². The number of carbonyl (C=O) groups is 1. The van der Waals surface area contributed by atoms with Crippen LogP contribution in [0.25, 0.3) is 22.6 Å². The minimum absolute atomic E-state index is 0.0834. The van der Waals surface area contributed by atoms with Crippen LogP contribution < -0.4 is 5.32 Å². The van der Waals surface area contributed by atoms with Gasteiger partial charge in [-0.2, -0.15) is 0 Å². The van der Waals surface area contributed by atoms with Gasteiger partial charge < -0.3 is 19.6 Å². The molecule has 0 aromatic carbocycles. The van der Waals surface area contributed by atoms with Gasteiger partial charge in [0.05, 0.1) is 11.0 Å². The third-order valence-electron chi connectivity index (χ3n) is 5.85. The number of aromatic nitrogens is 4. The Labute approximate surface area is 156 Å². The van der Waals surface area contributed by atoms with E-state index in [9.17, 15) is 4.79 Å². The summed E-state index contributed by atoms with van der Waals surface area (Å²) >= 11 is 0. The highest BCUT2D eigenvalue weighted by molar-refractivity contribution is 5.84. The average Bonchev–Trinajstić information content (AvgIpc) is 3.10. The topological polar surface area (TPSA) is 99.9 Å². The molecule has 27 heavy (non-hydrogen) atoms. The Bertz CT molecular complexity index is 946. The molecule has 1 aliphatic carbocycles. The fourth-order valence-corrected chi connectivity index (χ4v) is 3.86. The molecule has 8 nitrogen and oxygen atoms in total. The van der Waals surface area contributed by atoms with Crippen molar-refractivity contribution in [3.8, 4) is 11.6 Å². The zero-order chi connectivity index (χ0) is 18.4. The highest BCUT2D eigenvalue weighted by atomic mass is 16.4. The number of amides is 1. The van der Waals surface area contributed by atoms with Gasteiger partial charge in [0.25, 0.3) is 5.89 Å². The number of hydrogen-bond donors (Lipinski definition) is 2. The summed E-state index contributed by atoms with van der Waals surface area (Å²) in [6.45, 7) is 3.53. The van der Waals surface area contributed by atoms with E-state index in [2.05, 4.69) is 25.5 Å². The second kappa shape index (κ2) is 6.07. The lowest BCUT2D eigenvalue weighted by Gasteiger charge is -2.33. The van der Waals surface area contributed by atoms with E-state index in [1.165, 1.54) is 12.8 Å². The highest BCUT2D eigenvalue weighted by Gasteiger charge is 2.45. The normalized spacial score (nSPS) is 19.4. The van der Waals surface area contributed by atoms with Gasteiger partial charge in [-0.25, -0.2) is 0 Å². The molecule has 1 atom stereocenters. The Morgan fingerprint density at radius 1 is 1.30 bits per heavy atom. The number of nitrogens with one attached hydrogen (secondary N) is 2. The fourth-order valence-electron chi connectivity index (χ4n) is 3.86. The van der Waals surface area contributed by atoms with Crippen molar-refractivity contribution in [2.75, 3.05) is 18.4 Å². The minimum Gasteiger partial charge on any atom is -0.402 e. The van der Waals surface area contributed by atoms with E-state index in [0.29, 0.717) is 17.0 Å². The maximum Gasteiger partial charge on any atom is 0.316 e. The Morgan fingerprint density at radius 2 is 2.11 bits per heavy atom. The smallest absolute Gasteiger partial charge is 0.316 e. The molecule has 1 spiro atoms. The summed E-state index contributed by atoms with van der Waals surface area (Å²) in [7, 11) is 0. The van der Waals surface area contributed by atoms with Gasteiger partial charge in [-0.15, -0.1) is 5.10 Å². The van der Waals surface area contributed by atoms with E-state index in [-0.39, 0.29) is 11.9 Å². The van der Waals surface area contributed by atoms with Crippen LogP contribution in [0.3, 0.4) is 0 Å². The molecular weight excluding hydrogens is 344 g/mol. The average molecular weight is 366 g/mol. The zero-order valence-electron chi connectivity index (χ0n) is 15.2. The molecule has 140 valence electrons. The van der Waals surface area contributed by atoms with Crippen molar-refractivity contribution in [3.05, 3.63) is 24.4 Å². The Kier molecular flexibility index (Phi) is 3.66. The van der Waals surface area contributed by atoms with Gasteiger partial charge in [0.2, 0.25) is 5.91 Å². The predicted octanol–water partition coefficient (Wildman–Crippen LogP) is 2.82. The molecule has 1 saturated carbocycles. The minimum atomic E-state index is -0.407. The van der Waals surface area contributed by atoms with E-state index in [4.69, 9.17) is 4.42 Å². The molecule has 1 saturated heterocycles. The molecule has 1 aliphatic heterocycles. The molecule has 0 unspecified atom stereocenters. The molecule has 0 radical (unpaired) electrons. The van der Waals surface area contributed by atoms with Crippen LogP contribution in [0.5, 0.6) is 0 Å². The summed E-state index contributed by atoms with van der Waals surface area (Å²) in [5, 5.41) is 11.1. The van der Waals surface area contributed by atoms with Crippen molar-refractivity contribution in [1.29, 1.82) is 0 Å². The number of nitrogens with zero attached hydrogens (tertiary/aromatic N) is 4. The first kappa shape index (κ1) is 16.3. The van der Waals surface area contributed by atoms with E-state index in [1.807, 2.05) is 30.0 Å². The molecule has 8 heteroatoms. The van der Waals surface area contributed by atoms with Crippen LogP contribution in [0.15, 0.2) is 28.8 Å². The number of likely N-dealkylation sites (tertiary alicyclic amines) is 1. The summed E-state index contributed by atoms with van der Waals surface area (Å²) < 4.78 is 5.69. The quantitative estimate of drug-likeness (QED) is 0.736. The first-order valence-electron chi connectivity index (χ1n) is 9.45. The predicted molar refractivity (Wildman–Crippen MR) is 100.0 cm³/mol. The molecule has 2 N–H and O–H groups in total. The van der Waals surface area contributed by atoms with Crippen LogP contribution in [0, 0.1) is 5.41 Å². The lowest BCUT2D eigenvalue weighted by molar-refractivity contribution is -0.133.